The van der Waals surface area contributed by atoms with Gasteiger partial charge in [0.2, 0.25) is 5.78 Å². The lowest BCUT2D eigenvalue weighted by molar-refractivity contribution is -0.150. The minimum absolute atomic E-state index is 1.10. The van der Waals surface area contributed by atoms with Crippen molar-refractivity contribution in [2.24, 2.45) is 5.89 Å². The number of carboxylic acids is 1. The van der Waals surface area contributed by atoms with E-state index in [9.17, 15) is 9.59 Å². The molecule has 0 fully saturated rings. The molecule has 8 heavy (non-hydrogen) atoms. The molecule has 0 radical (unpaired) electrons. The molecule has 3 nitrogen and oxygen atoms in total. The summed E-state index contributed by atoms with van der Waals surface area (Å²) in [6.07, 6.45) is 0. The van der Waals surface area contributed by atoms with E-state index in [0.29, 0.717) is 0 Å². The number of carbonyl (C=O) groups excluding carboxylic acids is 1. The van der Waals surface area contributed by atoms with E-state index in [-0.39, 0.29) is 0 Å². The van der Waals surface area contributed by atoms with Crippen LogP contribution < -0.4 is 0 Å². The van der Waals surface area contributed by atoms with Crippen LogP contribution in [-0.4, -0.2) is 16.9 Å². The molecule has 0 saturated heterocycles. The van der Waals surface area contributed by atoms with Crippen molar-refractivity contribution in [1.82, 2.24) is 0 Å². The molecule has 0 aromatic heterocycles. The summed E-state index contributed by atoms with van der Waals surface area (Å²) in [7, 11) is 0. The van der Waals surface area contributed by atoms with Gasteiger partial charge in [0.25, 0.3) is 0 Å². The van der Waals surface area contributed by atoms with Gasteiger partial charge in [-0.15, -0.1) is 0 Å². The summed E-state index contributed by atoms with van der Waals surface area (Å²) in [5.41, 5.74) is 0. The number of carboxylic acid groups (broad SMARTS) is 1. The van der Waals surface area contributed by atoms with Gasteiger partial charge < -0.3 is 5.11 Å². The third-order valence-corrected chi connectivity index (χ3v) is 0.468. The highest BCUT2D eigenvalue weighted by Crippen LogP contribution is 1.92. The van der Waals surface area contributed by atoms with Gasteiger partial charge in [0, 0.05) is 12.7 Å². The molecule has 0 amide bonds. The van der Waals surface area contributed by atoms with Crippen LogP contribution in [0.5, 0.6) is 0 Å². The van der Waals surface area contributed by atoms with Gasteiger partial charge in [-0.25, -0.2) is 4.79 Å². The van der Waals surface area contributed by atoms with E-state index in [1.807, 2.05) is 0 Å². The SMILES string of the molecule is [2H][13CH2][C@@]([2H])(C(=O)C(=O)O)C([2H])([2H])[2H]. The van der Waals surface area contributed by atoms with Crippen LogP contribution in [0, 0.1) is 5.89 Å². The van der Waals surface area contributed by atoms with Crippen molar-refractivity contribution in [1.29, 1.82) is 0 Å². The molecular formula is C5H8O3. The topological polar surface area (TPSA) is 54.4 Å². The second-order valence-electron chi connectivity index (χ2n) is 1.11. The van der Waals surface area contributed by atoms with Gasteiger partial charge in [0.05, 0.1) is 0 Å². The van der Waals surface area contributed by atoms with Gasteiger partial charge in [0.15, 0.2) is 0 Å². The van der Waals surface area contributed by atoms with Crippen LogP contribution in [0.4, 0.5) is 0 Å². The number of hydrogen-bond donors (Lipinski definition) is 1. The standard InChI is InChI=1S/C5H8O3/c1-3(2)4(6)5(7)8/h3H,1-2H3,(H,7,8)/i1D3,2+1D,3D/t3-/m0/s1. The number of aliphatic carboxylic acids is 1. The lowest BCUT2D eigenvalue weighted by Crippen LogP contribution is -2.18. The number of Topliss-reactive ketones (excluding diaryl/α,β-unsaturated/α-hetero) is 1. The van der Waals surface area contributed by atoms with Crippen molar-refractivity contribution in [3.63, 3.8) is 0 Å². The first-order valence-corrected chi connectivity index (χ1v) is 1.74. The molecule has 46 valence electrons. The van der Waals surface area contributed by atoms with E-state index >= 15 is 0 Å². The molecule has 0 aliphatic heterocycles. The summed E-state index contributed by atoms with van der Waals surface area (Å²) < 4.78 is 34.0. The summed E-state index contributed by atoms with van der Waals surface area (Å²) in [6.45, 7) is -4.20. The Bertz CT molecular complexity index is 235. The van der Waals surface area contributed by atoms with Crippen molar-refractivity contribution in [3.05, 3.63) is 0 Å². The van der Waals surface area contributed by atoms with Gasteiger partial charge in [0.1, 0.15) is 0 Å². The molecule has 0 aliphatic carbocycles. The van der Waals surface area contributed by atoms with Crippen LogP contribution in [0.3, 0.4) is 0 Å². The lowest BCUT2D eigenvalue weighted by Gasteiger charge is -1.93. The summed E-state index contributed by atoms with van der Waals surface area (Å²) in [6, 6.07) is 0. The molecule has 0 spiro atoms. The highest BCUT2D eigenvalue weighted by molar-refractivity contribution is 6.33. The molecule has 0 saturated carbocycles. The normalized spacial score (nSPS) is 27.2. The third kappa shape index (κ3) is 1.73. The molecule has 0 aliphatic rings. The predicted molar refractivity (Wildman–Crippen MR) is 27.5 cm³/mol. The van der Waals surface area contributed by atoms with Crippen LogP contribution in [-0.2, 0) is 9.59 Å². The minimum Gasteiger partial charge on any atom is -0.475 e. The first kappa shape index (κ1) is 2.17. The summed E-state index contributed by atoms with van der Waals surface area (Å²) >= 11 is 0. The molecule has 0 heterocycles. The molecule has 1 N–H and O–H groups in total. The number of rotatable bonds is 2. The molecule has 3 heteroatoms. The van der Waals surface area contributed by atoms with E-state index in [1.54, 1.807) is 0 Å². The smallest absolute Gasteiger partial charge is 0.372 e. The zero-order valence-electron chi connectivity index (χ0n) is 8.97. The predicted octanol–water partition coefficient (Wildman–Crippen LogP) is 0.296. The second-order valence-corrected chi connectivity index (χ2v) is 1.11. The number of hydrogen-bond acceptors (Lipinski definition) is 2. The van der Waals surface area contributed by atoms with Crippen molar-refractivity contribution in [2.75, 3.05) is 0 Å². The van der Waals surface area contributed by atoms with E-state index in [4.69, 9.17) is 12.0 Å². The molecule has 0 unspecified atom stereocenters. The van der Waals surface area contributed by atoms with Crippen molar-refractivity contribution in [2.45, 2.75) is 13.8 Å². The minimum atomic E-state index is -3.09. The summed E-state index contributed by atoms with van der Waals surface area (Å²) in [5, 5.41) is 8.21. The van der Waals surface area contributed by atoms with Gasteiger partial charge in [-0.05, 0) is 0 Å². The summed E-state index contributed by atoms with van der Waals surface area (Å²) in [4.78, 5) is 20.9. The second kappa shape index (κ2) is 2.45. The zero-order valence-corrected chi connectivity index (χ0v) is 3.97. The fourth-order valence-corrected chi connectivity index (χ4v) is 0.129. The third-order valence-electron chi connectivity index (χ3n) is 0.468. The molecule has 0 aromatic carbocycles. The Hall–Kier alpha value is -0.860. The zero-order chi connectivity index (χ0) is 10.9. The Kier molecular flexibility index (Phi) is 0.664. The number of ketones is 1. The average Bonchev–Trinajstić information content (AvgIpc) is 1.99. The van der Waals surface area contributed by atoms with Crippen molar-refractivity contribution in [3.8, 4) is 0 Å². The quantitative estimate of drug-likeness (QED) is 0.423. The Labute approximate surface area is 54.3 Å². The number of carbonyl (C=O) groups is 2. The summed E-state index contributed by atoms with van der Waals surface area (Å²) in [5.74, 6) is -6.64. The maximum atomic E-state index is 10.8. The van der Waals surface area contributed by atoms with E-state index in [0.717, 1.165) is 0 Å². The highest BCUT2D eigenvalue weighted by atomic mass is 16.4. The van der Waals surface area contributed by atoms with Gasteiger partial charge >= 0.3 is 5.97 Å². The van der Waals surface area contributed by atoms with Crippen LogP contribution in [0.2, 0.25) is 0 Å². The van der Waals surface area contributed by atoms with E-state index < -0.39 is 31.4 Å². The molecular weight excluding hydrogens is 109 g/mol. The fraction of sp³-hybridized carbons (Fsp3) is 0.600. The first-order chi connectivity index (χ1) is 5.66. The Balaban J connectivity index is 5.07. The van der Waals surface area contributed by atoms with Gasteiger partial charge in [-0.2, -0.15) is 0 Å². The Morgan fingerprint density at radius 3 is 2.62 bits per heavy atom. The van der Waals surface area contributed by atoms with Crippen molar-refractivity contribution < 1.29 is 21.5 Å². The Morgan fingerprint density at radius 1 is 1.88 bits per heavy atom. The fourth-order valence-electron chi connectivity index (χ4n) is 0.129. The van der Waals surface area contributed by atoms with E-state index in [2.05, 4.69) is 0 Å². The lowest BCUT2D eigenvalue weighted by atomic mass is 10.2. The largest absolute Gasteiger partial charge is 0.475 e. The first-order valence-electron chi connectivity index (χ1n) is 4.44. The maximum Gasteiger partial charge on any atom is 0.372 e. The van der Waals surface area contributed by atoms with E-state index in [1.165, 1.54) is 0 Å². The monoisotopic (exact) mass is 122 g/mol. The molecule has 1 atom stereocenters. The maximum absolute atomic E-state index is 10.8. The van der Waals surface area contributed by atoms with Crippen LogP contribution >= 0.6 is 0 Å². The van der Waals surface area contributed by atoms with Crippen LogP contribution in [0.15, 0.2) is 0 Å². The molecule has 0 bridgehead atoms. The molecule has 0 aromatic rings. The average molecular weight is 122 g/mol. The molecule has 0 rings (SSSR count). The highest BCUT2D eigenvalue weighted by Gasteiger charge is 2.14. The van der Waals surface area contributed by atoms with Gasteiger partial charge in [-0.1, -0.05) is 13.8 Å². The van der Waals surface area contributed by atoms with Gasteiger partial charge in [-0.3, -0.25) is 4.79 Å². The van der Waals surface area contributed by atoms with Crippen molar-refractivity contribution >= 4 is 11.8 Å². The van der Waals surface area contributed by atoms with Crippen LogP contribution in [0.1, 0.15) is 20.6 Å². The van der Waals surface area contributed by atoms with Crippen LogP contribution in [0.25, 0.3) is 0 Å². The Morgan fingerprint density at radius 2 is 2.50 bits per heavy atom.